The minimum Gasteiger partial charge on any atom is -0.396 e. The van der Waals surface area contributed by atoms with Crippen molar-refractivity contribution in [1.29, 1.82) is 0 Å². The molecule has 1 aliphatic carbocycles. The van der Waals surface area contributed by atoms with Crippen LogP contribution in [0.5, 0.6) is 0 Å². The molecule has 3 N–H and O–H groups in total. The van der Waals surface area contributed by atoms with Gasteiger partial charge in [-0.2, -0.15) is 0 Å². The van der Waals surface area contributed by atoms with Crippen molar-refractivity contribution in [3.63, 3.8) is 0 Å². The molecule has 2 rings (SSSR count). The molecule has 14 heavy (non-hydrogen) atoms. The number of nitrogens with two attached hydrogens (primary N) is 1. The van der Waals surface area contributed by atoms with Crippen LogP contribution in [0.25, 0.3) is 0 Å². The Morgan fingerprint density at radius 2 is 2.43 bits per heavy atom. The molecule has 0 unspecified atom stereocenters. The quantitative estimate of drug-likeness (QED) is 0.710. The van der Waals surface area contributed by atoms with Crippen molar-refractivity contribution >= 4 is 0 Å². The molecule has 0 bridgehead atoms. The summed E-state index contributed by atoms with van der Waals surface area (Å²) in [5.74, 6) is 0.723. The SMILES string of the molecule is N[C@H]1CCCc2nc(CCO)ncc21. The average Bonchev–Trinajstić information content (AvgIpc) is 2.18. The lowest BCUT2D eigenvalue weighted by molar-refractivity contribution is 0.296. The first-order valence-electron chi connectivity index (χ1n) is 5.02. The maximum atomic E-state index is 8.77. The molecule has 1 atom stereocenters. The van der Waals surface area contributed by atoms with Crippen molar-refractivity contribution in [2.45, 2.75) is 31.7 Å². The fourth-order valence-corrected chi connectivity index (χ4v) is 1.84. The zero-order valence-corrected chi connectivity index (χ0v) is 8.11. The van der Waals surface area contributed by atoms with E-state index in [1.165, 1.54) is 0 Å². The normalized spacial score (nSPS) is 20.6. The Bertz CT molecular complexity index is 327. The van der Waals surface area contributed by atoms with E-state index in [1.807, 2.05) is 6.20 Å². The number of aromatic nitrogens is 2. The summed E-state index contributed by atoms with van der Waals surface area (Å²) in [4.78, 5) is 8.58. The van der Waals surface area contributed by atoms with Gasteiger partial charge in [-0.25, -0.2) is 9.97 Å². The molecule has 1 aromatic heterocycles. The van der Waals surface area contributed by atoms with Gasteiger partial charge in [-0.1, -0.05) is 0 Å². The van der Waals surface area contributed by atoms with Crippen molar-refractivity contribution in [3.05, 3.63) is 23.3 Å². The van der Waals surface area contributed by atoms with E-state index < -0.39 is 0 Å². The average molecular weight is 193 g/mol. The van der Waals surface area contributed by atoms with E-state index in [2.05, 4.69) is 9.97 Å². The summed E-state index contributed by atoms with van der Waals surface area (Å²) < 4.78 is 0. The molecule has 1 heterocycles. The summed E-state index contributed by atoms with van der Waals surface area (Å²) in [5.41, 5.74) is 8.09. The first-order chi connectivity index (χ1) is 6.81. The van der Waals surface area contributed by atoms with E-state index in [0.29, 0.717) is 6.42 Å². The monoisotopic (exact) mass is 193 g/mol. The molecule has 0 aromatic carbocycles. The minimum atomic E-state index is 0.0990. The highest BCUT2D eigenvalue weighted by molar-refractivity contribution is 5.24. The number of hydrogen-bond acceptors (Lipinski definition) is 4. The van der Waals surface area contributed by atoms with Crippen LogP contribution in [-0.2, 0) is 12.8 Å². The van der Waals surface area contributed by atoms with E-state index in [9.17, 15) is 0 Å². The molecule has 4 nitrogen and oxygen atoms in total. The van der Waals surface area contributed by atoms with Gasteiger partial charge in [0.1, 0.15) is 5.82 Å². The van der Waals surface area contributed by atoms with Gasteiger partial charge in [0.15, 0.2) is 0 Å². The molecule has 0 aliphatic heterocycles. The second-order valence-electron chi connectivity index (χ2n) is 3.66. The van der Waals surface area contributed by atoms with Crippen LogP contribution in [0.2, 0.25) is 0 Å². The molecule has 0 radical (unpaired) electrons. The van der Waals surface area contributed by atoms with E-state index >= 15 is 0 Å². The van der Waals surface area contributed by atoms with Gasteiger partial charge in [0.05, 0.1) is 6.61 Å². The Hall–Kier alpha value is -1.00. The standard InChI is InChI=1S/C10H15N3O/c11-8-2-1-3-9-7(8)6-12-10(13-9)4-5-14/h6,8,14H,1-5,11H2/t8-/m0/s1. The van der Waals surface area contributed by atoms with Crippen LogP contribution in [-0.4, -0.2) is 21.7 Å². The summed E-state index contributed by atoms with van der Waals surface area (Å²) in [6, 6.07) is 0.0990. The van der Waals surface area contributed by atoms with Crippen LogP contribution >= 0.6 is 0 Å². The van der Waals surface area contributed by atoms with Crippen LogP contribution in [0.15, 0.2) is 6.20 Å². The molecule has 0 saturated heterocycles. The third-order valence-corrected chi connectivity index (χ3v) is 2.61. The maximum absolute atomic E-state index is 8.77. The van der Waals surface area contributed by atoms with Gasteiger partial charge >= 0.3 is 0 Å². The van der Waals surface area contributed by atoms with Gasteiger partial charge in [-0.15, -0.1) is 0 Å². The summed E-state index contributed by atoms with van der Waals surface area (Å²) in [6.45, 7) is 0.102. The predicted molar refractivity (Wildman–Crippen MR) is 52.7 cm³/mol. The summed E-state index contributed by atoms with van der Waals surface area (Å²) in [5, 5.41) is 8.77. The van der Waals surface area contributed by atoms with Crippen LogP contribution < -0.4 is 5.73 Å². The zero-order valence-electron chi connectivity index (χ0n) is 8.11. The smallest absolute Gasteiger partial charge is 0.130 e. The number of aliphatic hydroxyl groups excluding tert-OH is 1. The lowest BCUT2D eigenvalue weighted by Gasteiger charge is -2.20. The highest BCUT2D eigenvalue weighted by Gasteiger charge is 2.18. The Morgan fingerprint density at radius 1 is 1.57 bits per heavy atom. The molecule has 0 saturated carbocycles. The van der Waals surface area contributed by atoms with E-state index in [-0.39, 0.29) is 12.6 Å². The van der Waals surface area contributed by atoms with Crippen molar-refractivity contribution in [3.8, 4) is 0 Å². The predicted octanol–water partition coefficient (Wildman–Crippen LogP) is 0.347. The van der Waals surface area contributed by atoms with Gasteiger partial charge in [0.2, 0.25) is 0 Å². The largest absolute Gasteiger partial charge is 0.396 e. The summed E-state index contributed by atoms with van der Waals surface area (Å²) in [7, 11) is 0. The molecular formula is C10H15N3O. The van der Waals surface area contributed by atoms with Crippen LogP contribution in [0.4, 0.5) is 0 Å². The topological polar surface area (TPSA) is 72.0 Å². The van der Waals surface area contributed by atoms with Crippen LogP contribution in [0.3, 0.4) is 0 Å². The van der Waals surface area contributed by atoms with Crippen molar-refractivity contribution < 1.29 is 5.11 Å². The Balaban J connectivity index is 2.29. The molecule has 1 aromatic rings. The third-order valence-electron chi connectivity index (χ3n) is 2.61. The number of nitrogens with zero attached hydrogens (tertiary/aromatic N) is 2. The second kappa shape index (κ2) is 4.02. The summed E-state index contributed by atoms with van der Waals surface area (Å²) in [6.07, 6.45) is 5.46. The van der Waals surface area contributed by atoms with Crippen molar-refractivity contribution in [2.24, 2.45) is 5.73 Å². The van der Waals surface area contributed by atoms with Crippen molar-refractivity contribution in [1.82, 2.24) is 9.97 Å². The zero-order chi connectivity index (χ0) is 9.97. The Labute approximate surface area is 83.2 Å². The number of rotatable bonds is 2. The van der Waals surface area contributed by atoms with Crippen molar-refractivity contribution in [2.75, 3.05) is 6.61 Å². The molecule has 1 aliphatic rings. The Morgan fingerprint density at radius 3 is 3.21 bits per heavy atom. The Kier molecular flexibility index (Phi) is 2.74. The lowest BCUT2D eigenvalue weighted by Crippen LogP contribution is -2.20. The first-order valence-corrected chi connectivity index (χ1v) is 5.02. The van der Waals surface area contributed by atoms with Gasteiger partial charge in [0.25, 0.3) is 0 Å². The fourth-order valence-electron chi connectivity index (χ4n) is 1.84. The molecule has 0 amide bonds. The molecule has 0 fully saturated rings. The second-order valence-corrected chi connectivity index (χ2v) is 3.66. The van der Waals surface area contributed by atoms with Gasteiger partial charge in [-0.05, 0) is 19.3 Å². The fraction of sp³-hybridized carbons (Fsp3) is 0.600. The third kappa shape index (κ3) is 1.76. The molecule has 76 valence electrons. The number of aryl methyl sites for hydroxylation is 1. The van der Waals surface area contributed by atoms with E-state index in [1.54, 1.807) is 0 Å². The molecule has 0 spiro atoms. The number of fused-ring (bicyclic) bond motifs is 1. The van der Waals surface area contributed by atoms with Gasteiger partial charge < -0.3 is 10.8 Å². The maximum Gasteiger partial charge on any atom is 0.130 e. The van der Waals surface area contributed by atoms with Crippen LogP contribution in [0.1, 0.15) is 36.0 Å². The van der Waals surface area contributed by atoms with E-state index in [0.717, 1.165) is 36.3 Å². The van der Waals surface area contributed by atoms with Crippen LogP contribution in [0, 0.1) is 0 Å². The highest BCUT2D eigenvalue weighted by Crippen LogP contribution is 2.25. The number of hydrogen-bond donors (Lipinski definition) is 2. The number of aliphatic hydroxyl groups is 1. The first kappa shape index (κ1) is 9.55. The van der Waals surface area contributed by atoms with Gasteiger partial charge in [0, 0.05) is 29.9 Å². The highest BCUT2D eigenvalue weighted by atomic mass is 16.3. The minimum absolute atomic E-state index is 0.0990. The molecule has 4 heteroatoms. The lowest BCUT2D eigenvalue weighted by atomic mass is 9.93. The van der Waals surface area contributed by atoms with E-state index in [4.69, 9.17) is 10.8 Å². The molecular weight excluding hydrogens is 178 g/mol. The van der Waals surface area contributed by atoms with Gasteiger partial charge in [-0.3, -0.25) is 0 Å². The summed E-state index contributed by atoms with van der Waals surface area (Å²) >= 11 is 0.